The second-order valence-corrected chi connectivity index (χ2v) is 3.33. The van der Waals surface area contributed by atoms with Crippen LogP contribution in [0.25, 0.3) is 0 Å². The highest BCUT2D eigenvalue weighted by atomic mass is 127. The zero-order valence-electron chi connectivity index (χ0n) is 5.39. The van der Waals surface area contributed by atoms with Crippen LogP contribution in [0.5, 0.6) is 0 Å². The third-order valence-electron chi connectivity index (χ3n) is 1.69. The minimum absolute atomic E-state index is 1.07. The molecule has 2 heterocycles. The van der Waals surface area contributed by atoms with Crippen LogP contribution < -0.4 is 5.32 Å². The summed E-state index contributed by atoms with van der Waals surface area (Å²) < 4.78 is 1.14. The lowest BCUT2D eigenvalue weighted by Gasteiger charge is -1.98. The SMILES string of the molecule is Ic1nccc2c1CCN2. The van der Waals surface area contributed by atoms with Crippen LogP contribution in [0.1, 0.15) is 5.56 Å². The number of halogens is 1. The normalized spacial score (nSPS) is 14.5. The van der Waals surface area contributed by atoms with Gasteiger partial charge in [-0.15, -0.1) is 0 Å². The zero-order valence-corrected chi connectivity index (χ0v) is 7.55. The number of pyridine rings is 1. The van der Waals surface area contributed by atoms with Gasteiger partial charge in [-0.25, -0.2) is 4.98 Å². The number of hydrogen-bond donors (Lipinski definition) is 1. The molecule has 0 saturated carbocycles. The van der Waals surface area contributed by atoms with Gasteiger partial charge in [-0.05, 0) is 35.1 Å². The summed E-state index contributed by atoms with van der Waals surface area (Å²) in [6, 6.07) is 2.03. The van der Waals surface area contributed by atoms with E-state index >= 15 is 0 Å². The monoisotopic (exact) mass is 246 g/mol. The molecule has 1 aromatic rings. The molecule has 1 aliphatic heterocycles. The summed E-state index contributed by atoms with van der Waals surface area (Å²) in [7, 11) is 0. The van der Waals surface area contributed by atoms with Gasteiger partial charge in [0.05, 0.1) is 0 Å². The molecule has 1 aliphatic rings. The molecule has 0 aromatic carbocycles. The molecular weight excluding hydrogens is 239 g/mol. The van der Waals surface area contributed by atoms with Gasteiger partial charge in [0, 0.05) is 24.0 Å². The molecule has 0 bridgehead atoms. The van der Waals surface area contributed by atoms with Gasteiger partial charge in [0.2, 0.25) is 0 Å². The Morgan fingerprint density at radius 2 is 2.50 bits per heavy atom. The van der Waals surface area contributed by atoms with E-state index in [1.165, 1.54) is 11.3 Å². The first kappa shape index (κ1) is 6.39. The van der Waals surface area contributed by atoms with Crippen molar-refractivity contribution in [3.63, 3.8) is 0 Å². The number of nitrogens with one attached hydrogen (secondary N) is 1. The number of anilines is 1. The molecule has 0 unspecified atom stereocenters. The largest absolute Gasteiger partial charge is 0.384 e. The molecular formula is C7H7IN2. The maximum Gasteiger partial charge on any atom is 0.106 e. The highest BCUT2D eigenvalue weighted by molar-refractivity contribution is 14.1. The zero-order chi connectivity index (χ0) is 6.97. The summed E-state index contributed by atoms with van der Waals surface area (Å²) in [5, 5.41) is 3.30. The van der Waals surface area contributed by atoms with Crippen molar-refractivity contribution in [1.29, 1.82) is 0 Å². The Labute approximate surface area is 73.2 Å². The van der Waals surface area contributed by atoms with Crippen molar-refractivity contribution < 1.29 is 0 Å². The van der Waals surface area contributed by atoms with Gasteiger partial charge in [0.25, 0.3) is 0 Å². The van der Waals surface area contributed by atoms with E-state index in [2.05, 4.69) is 32.9 Å². The van der Waals surface area contributed by atoms with E-state index in [1.54, 1.807) is 0 Å². The van der Waals surface area contributed by atoms with Crippen molar-refractivity contribution in [2.75, 3.05) is 11.9 Å². The summed E-state index contributed by atoms with van der Waals surface area (Å²) in [6.45, 7) is 1.07. The molecule has 0 radical (unpaired) electrons. The Morgan fingerprint density at radius 1 is 1.60 bits per heavy atom. The van der Waals surface area contributed by atoms with Crippen LogP contribution in [-0.2, 0) is 6.42 Å². The number of aromatic nitrogens is 1. The first-order valence-electron chi connectivity index (χ1n) is 3.25. The number of fused-ring (bicyclic) bond motifs is 1. The van der Waals surface area contributed by atoms with Gasteiger partial charge < -0.3 is 5.32 Å². The molecule has 0 amide bonds. The van der Waals surface area contributed by atoms with E-state index < -0.39 is 0 Å². The molecule has 10 heavy (non-hydrogen) atoms. The first-order valence-corrected chi connectivity index (χ1v) is 4.33. The Kier molecular flexibility index (Phi) is 1.52. The summed E-state index contributed by atoms with van der Waals surface area (Å²) in [5.74, 6) is 0. The Hall–Kier alpha value is -0.320. The molecule has 0 atom stereocenters. The van der Waals surface area contributed by atoms with Gasteiger partial charge in [-0.2, -0.15) is 0 Å². The quantitative estimate of drug-likeness (QED) is 0.556. The maximum atomic E-state index is 4.20. The van der Waals surface area contributed by atoms with Gasteiger partial charge in [-0.3, -0.25) is 0 Å². The van der Waals surface area contributed by atoms with Crippen LogP contribution in [-0.4, -0.2) is 11.5 Å². The van der Waals surface area contributed by atoms with E-state index in [0.29, 0.717) is 0 Å². The topological polar surface area (TPSA) is 24.9 Å². The van der Waals surface area contributed by atoms with Crippen molar-refractivity contribution in [2.45, 2.75) is 6.42 Å². The lowest BCUT2D eigenvalue weighted by Crippen LogP contribution is -1.90. The molecule has 0 fully saturated rings. The van der Waals surface area contributed by atoms with Crippen molar-refractivity contribution in [3.8, 4) is 0 Å². The molecule has 1 N–H and O–H groups in total. The minimum atomic E-state index is 1.07. The van der Waals surface area contributed by atoms with Crippen molar-refractivity contribution in [3.05, 3.63) is 21.5 Å². The van der Waals surface area contributed by atoms with E-state index in [0.717, 1.165) is 16.7 Å². The molecule has 52 valence electrons. The average Bonchev–Trinajstić information content (AvgIpc) is 2.36. The van der Waals surface area contributed by atoms with E-state index in [-0.39, 0.29) is 0 Å². The fourth-order valence-corrected chi connectivity index (χ4v) is 1.91. The smallest absolute Gasteiger partial charge is 0.106 e. The third-order valence-corrected chi connectivity index (χ3v) is 2.62. The molecule has 1 aromatic heterocycles. The summed E-state index contributed by atoms with van der Waals surface area (Å²) in [5.41, 5.74) is 2.64. The van der Waals surface area contributed by atoms with Gasteiger partial charge in [0.1, 0.15) is 3.70 Å². The Balaban J connectivity index is 2.59. The molecule has 2 rings (SSSR count). The van der Waals surface area contributed by atoms with Crippen molar-refractivity contribution in [1.82, 2.24) is 4.98 Å². The fraction of sp³-hybridized carbons (Fsp3) is 0.286. The van der Waals surface area contributed by atoms with Gasteiger partial charge in [-0.1, -0.05) is 0 Å². The fourth-order valence-electron chi connectivity index (χ4n) is 1.19. The van der Waals surface area contributed by atoms with Crippen LogP contribution >= 0.6 is 22.6 Å². The summed E-state index contributed by atoms with van der Waals surface area (Å²) >= 11 is 2.27. The van der Waals surface area contributed by atoms with Crippen molar-refractivity contribution in [2.24, 2.45) is 0 Å². The Morgan fingerprint density at radius 3 is 3.30 bits per heavy atom. The molecule has 0 spiro atoms. The van der Waals surface area contributed by atoms with Crippen LogP contribution in [0.2, 0.25) is 0 Å². The van der Waals surface area contributed by atoms with Crippen LogP contribution in [0.4, 0.5) is 5.69 Å². The van der Waals surface area contributed by atoms with Crippen LogP contribution in [0.15, 0.2) is 12.3 Å². The first-order chi connectivity index (χ1) is 4.88. The number of hydrogen-bond acceptors (Lipinski definition) is 2. The van der Waals surface area contributed by atoms with E-state index in [1.807, 2.05) is 12.3 Å². The lowest BCUT2D eigenvalue weighted by atomic mass is 10.2. The highest BCUT2D eigenvalue weighted by Gasteiger charge is 2.12. The second kappa shape index (κ2) is 2.38. The second-order valence-electron chi connectivity index (χ2n) is 2.30. The Bertz CT molecular complexity index is 260. The predicted octanol–water partition coefficient (Wildman–Crippen LogP) is 1.65. The molecule has 2 nitrogen and oxygen atoms in total. The minimum Gasteiger partial charge on any atom is -0.384 e. The molecule has 0 saturated heterocycles. The lowest BCUT2D eigenvalue weighted by molar-refractivity contribution is 1.08. The summed E-state index contributed by atoms with van der Waals surface area (Å²) in [6.07, 6.45) is 2.97. The average molecular weight is 246 g/mol. The van der Waals surface area contributed by atoms with Crippen LogP contribution in [0.3, 0.4) is 0 Å². The standard InChI is InChI=1S/C7H7IN2/c8-7-5-1-3-9-6(5)2-4-10-7/h2,4,9H,1,3H2. The molecule has 3 heteroatoms. The maximum absolute atomic E-state index is 4.20. The highest BCUT2D eigenvalue weighted by Crippen LogP contribution is 2.24. The van der Waals surface area contributed by atoms with Gasteiger partial charge in [0.15, 0.2) is 0 Å². The number of nitrogens with zero attached hydrogens (tertiary/aromatic N) is 1. The van der Waals surface area contributed by atoms with E-state index in [9.17, 15) is 0 Å². The third kappa shape index (κ3) is 0.885. The predicted molar refractivity (Wildman–Crippen MR) is 49.1 cm³/mol. The molecule has 0 aliphatic carbocycles. The van der Waals surface area contributed by atoms with Crippen molar-refractivity contribution >= 4 is 28.3 Å². The number of rotatable bonds is 0. The van der Waals surface area contributed by atoms with E-state index in [4.69, 9.17) is 0 Å². The summed E-state index contributed by atoms with van der Waals surface area (Å²) in [4.78, 5) is 4.20. The van der Waals surface area contributed by atoms with Gasteiger partial charge >= 0.3 is 0 Å². The van der Waals surface area contributed by atoms with Crippen LogP contribution in [0, 0.1) is 3.70 Å².